The van der Waals surface area contributed by atoms with E-state index >= 15 is 0 Å². The van der Waals surface area contributed by atoms with Gasteiger partial charge in [-0.1, -0.05) is 13.8 Å². The number of esters is 1. The zero-order valence-electron chi connectivity index (χ0n) is 12.1. The fraction of sp³-hybridized carbons (Fsp3) is 0.692. The normalized spacial score (nSPS) is 12.5. The van der Waals surface area contributed by atoms with Gasteiger partial charge < -0.3 is 19.4 Å². The Balaban J connectivity index is 2.51. The maximum absolute atomic E-state index is 11.4. The number of carbonyl (C=O) groups is 1. The average molecular weight is 269 g/mol. The number of ether oxygens (including phenoxy) is 1. The van der Waals surface area contributed by atoms with Gasteiger partial charge in [-0.05, 0) is 26.9 Å². The summed E-state index contributed by atoms with van der Waals surface area (Å²) < 4.78 is 10.1. The third-order valence-electron chi connectivity index (χ3n) is 2.79. The first-order valence-corrected chi connectivity index (χ1v) is 6.72. The lowest BCUT2D eigenvalue weighted by Gasteiger charge is -2.22. The van der Waals surface area contributed by atoms with Gasteiger partial charge in [0.15, 0.2) is 5.69 Å². The molecule has 0 amide bonds. The number of oxazole rings is 1. The molecule has 0 saturated heterocycles. The van der Waals surface area contributed by atoms with E-state index < -0.39 is 5.97 Å². The molecule has 0 aliphatic carbocycles. The minimum atomic E-state index is -0.462. The van der Waals surface area contributed by atoms with Crippen LogP contribution in [0.3, 0.4) is 0 Å². The van der Waals surface area contributed by atoms with E-state index in [1.165, 1.54) is 6.26 Å². The number of carbonyl (C=O) groups excluding carboxylic acids is 1. The summed E-state index contributed by atoms with van der Waals surface area (Å²) in [6.45, 7) is 11.3. The first-order chi connectivity index (χ1) is 9.10. The minimum Gasteiger partial charge on any atom is -0.461 e. The van der Waals surface area contributed by atoms with E-state index in [1.807, 2.05) is 6.92 Å². The molecule has 1 aromatic rings. The summed E-state index contributed by atoms with van der Waals surface area (Å²) in [5.41, 5.74) is 0.194. The number of likely N-dealkylation sites (N-methyl/N-ethyl adjacent to an activating group) is 1. The van der Waals surface area contributed by atoms with Gasteiger partial charge in [-0.15, -0.1) is 0 Å². The topological polar surface area (TPSA) is 67.6 Å². The molecule has 0 fully saturated rings. The van der Waals surface area contributed by atoms with Crippen molar-refractivity contribution in [3.63, 3.8) is 0 Å². The highest BCUT2D eigenvalue weighted by Gasteiger charge is 2.15. The smallest absolute Gasteiger partial charge is 0.360 e. The number of hydrogen-bond acceptors (Lipinski definition) is 6. The van der Waals surface area contributed by atoms with E-state index in [1.54, 1.807) is 6.92 Å². The summed E-state index contributed by atoms with van der Waals surface area (Å²) >= 11 is 0. The van der Waals surface area contributed by atoms with Gasteiger partial charge in [-0.2, -0.15) is 4.98 Å². The molecule has 108 valence electrons. The quantitative estimate of drug-likeness (QED) is 0.728. The second-order valence-electron chi connectivity index (χ2n) is 4.29. The van der Waals surface area contributed by atoms with Crippen LogP contribution in [0.5, 0.6) is 0 Å². The Bertz CT molecular complexity index is 388. The number of rotatable bonds is 8. The van der Waals surface area contributed by atoms with Crippen LogP contribution in [0.25, 0.3) is 0 Å². The molecule has 1 N–H and O–H groups in total. The second kappa shape index (κ2) is 7.78. The highest BCUT2D eigenvalue weighted by atomic mass is 16.5. The number of hydrogen-bond donors (Lipinski definition) is 1. The summed E-state index contributed by atoms with van der Waals surface area (Å²) in [6, 6.07) is 0.538. The Morgan fingerprint density at radius 1 is 1.47 bits per heavy atom. The maximum Gasteiger partial charge on any atom is 0.360 e. The minimum absolute atomic E-state index is 0.189. The Labute approximate surface area is 114 Å². The first-order valence-electron chi connectivity index (χ1n) is 6.72. The Morgan fingerprint density at radius 3 is 2.74 bits per heavy atom. The average Bonchev–Trinajstić information content (AvgIpc) is 2.84. The summed E-state index contributed by atoms with van der Waals surface area (Å²) in [4.78, 5) is 17.8. The van der Waals surface area contributed by atoms with Crippen LogP contribution in [0, 0.1) is 0 Å². The van der Waals surface area contributed by atoms with Crippen molar-refractivity contribution in [2.75, 3.05) is 31.6 Å². The molecular formula is C13H23N3O3. The monoisotopic (exact) mass is 269 g/mol. The van der Waals surface area contributed by atoms with Crippen molar-refractivity contribution in [3.8, 4) is 0 Å². The number of nitrogens with one attached hydrogen (secondary N) is 1. The molecule has 0 spiro atoms. The van der Waals surface area contributed by atoms with Gasteiger partial charge in [0.25, 0.3) is 6.01 Å². The second-order valence-corrected chi connectivity index (χ2v) is 4.29. The predicted molar refractivity (Wildman–Crippen MR) is 73.3 cm³/mol. The van der Waals surface area contributed by atoms with E-state index in [0.29, 0.717) is 12.6 Å². The molecule has 0 saturated carbocycles. The van der Waals surface area contributed by atoms with Crippen molar-refractivity contribution in [2.45, 2.75) is 33.7 Å². The molecule has 6 heteroatoms. The summed E-state index contributed by atoms with van der Waals surface area (Å²) in [5, 5.41) is 3.13. The molecule has 0 radical (unpaired) electrons. The van der Waals surface area contributed by atoms with Gasteiger partial charge >= 0.3 is 5.97 Å². The van der Waals surface area contributed by atoms with E-state index in [4.69, 9.17) is 9.15 Å². The van der Waals surface area contributed by atoms with E-state index in [2.05, 4.69) is 29.0 Å². The molecular weight excluding hydrogens is 246 g/mol. The molecule has 1 heterocycles. The summed E-state index contributed by atoms with van der Waals surface area (Å²) in [5.74, 6) is -0.462. The highest BCUT2D eigenvalue weighted by molar-refractivity contribution is 5.87. The Hall–Kier alpha value is -1.56. The third kappa shape index (κ3) is 4.90. The van der Waals surface area contributed by atoms with Crippen molar-refractivity contribution in [2.24, 2.45) is 0 Å². The van der Waals surface area contributed by atoms with Gasteiger partial charge in [0.2, 0.25) is 0 Å². The van der Waals surface area contributed by atoms with Crippen molar-refractivity contribution in [1.29, 1.82) is 0 Å². The molecule has 0 aliphatic heterocycles. The Morgan fingerprint density at radius 2 is 2.16 bits per heavy atom. The van der Waals surface area contributed by atoms with Crippen LogP contribution in [0.2, 0.25) is 0 Å². The molecule has 1 aromatic heterocycles. The number of aromatic nitrogens is 1. The molecule has 1 unspecified atom stereocenters. The third-order valence-corrected chi connectivity index (χ3v) is 2.79. The lowest BCUT2D eigenvalue weighted by molar-refractivity contribution is 0.0519. The van der Waals surface area contributed by atoms with Crippen molar-refractivity contribution < 1.29 is 13.9 Å². The first kappa shape index (κ1) is 15.5. The van der Waals surface area contributed by atoms with Crippen LogP contribution in [0.1, 0.15) is 38.2 Å². The lowest BCUT2D eigenvalue weighted by Crippen LogP contribution is -2.34. The molecule has 0 aliphatic rings. The lowest BCUT2D eigenvalue weighted by atomic mass is 10.3. The molecule has 1 rings (SSSR count). The number of nitrogens with zero attached hydrogens (tertiary/aromatic N) is 2. The fourth-order valence-electron chi connectivity index (χ4n) is 1.76. The van der Waals surface area contributed by atoms with Gasteiger partial charge in [-0.3, -0.25) is 0 Å². The van der Waals surface area contributed by atoms with Gasteiger partial charge in [0, 0.05) is 12.6 Å². The number of anilines is 1. The summed E-state index contributed by atoms with van der Waals surface area (Å²) in [6.07, 6.45) is 1.31. The highest BCUT2D eigenvalue weighted by Crippen LogP contribution is 2.10. The van der Waals surface area contributed by atoms with E-state index in [0.717, 1.165) is 19.6 Å². The fourth-order valence-corrected chi connectivity index (χ4v) is 1.76. The summed E-state index contributed by atoms with van der Waals surface area (Å²) in [7, 11) is 0. The zero-order valence-corrected chi connectivity index (χ0v) is 12.1. The van der Waals surface area contributed by atoms with Crippen molar-refractivity contribution in [1.82, 2.24) is 9.88 Å². The van der Waals surface area contributed by atoms with Crippen LogP contribution in [-0.2, 0) is 4.74 Å². The zero-order chi connectivity index (χ0) is 14.3. The Kier molecular flexibility index (Phi) is 6.35. The largest absolute Gasteiger partial charge is 0.461 e. The van der Waals surface area contributed by atoms with E-state index in [9.17, 15) is 4.79 Å². The van der Waals surface area contributed by atoms with Crippen LogP contribution in [0.4, 0.5) is 6.01 Å². The van der Waals surface area contributed by atoms with Gasteiger partial charge in [-0.25, -0.2) is 4.79 Å². The van der Waals surface area contributed by atoms with Crippen molar-refractivity contribution in [3.05, 3.63) is 12.0 Å². The standard InChI is InChI=1S/C13H23N3O3/c1-5-16(6-2)8-10(4)14-13-15-11(9-19-13)12(17)18-7-3/h9-10H,5-8H2,1-4H3,(H,14,15). The van der Waals surface area contributed by atoms with Gasteiger partial charge in [0.05, 0.1) is 6.61 Å². The van der Waals surface area contributed by atoms with Crippen LogP contribution in [-0.4, -0.2) is 48.1 Å². The van der Waals surface area contributed by atoms with Crippen LogP contribution >= 0.6 is 0 Å². The SMILES string of the molecule is CCOC(=O)c1coc(NC(C)CN(CC)CC)n1. The predicted octanol–water partition coefficient (Wildman–Crippen LogP) is 1.99. The van der Waals surface area contributed by atoms with Crippen LogP contribution < -0.4 is 5.32 Å². The van der Waals surface area contributed by atoms with Crippen LogP contribution in [0.15, 0.2) is 10.7 Å². The van der Waals surface area contributed by atoms with Crippen molar-refractivity contribution >= 4 is 12.0 Å². The molecule has 19 heavy (non-hydrogen) atoms. The van der Waals surface area contributed by atoms with Gasteiger partial charge in [0.1, 0.15) is 6.26 Å². The maximum atomic E-state index is 11.4. The van der Waals surface area contributed by atoms with E-state index in [-0.39, 0.29) is 11.7 Å². The molecule has 0 bridgehead atoms. The molecule has 1 atom stereocenters. The molecule has 0 aromatic carbocycles. The molecule has 6 nitrogen and oxygen atoms in total.